The Bertz CT molecular complexity index is 1050. The van der Waals surface area contributed by atoms with Crippen LogP contribution in [0.5, 0.6) is 0 Å². The highest BCUT2D eigenvalue weighted by molar-refractivity contribution is 5.84. The predicted molar refractivity (Wildman–Crippen MR) is 89.3 cm³/mol. The van der Waals surface area contributed by atoms with Gasteiger partial charge in [-0.05, 0) is 6.07 Å². The minimum Gasteiger partial charge on any atom is -0.445 e. The summed E-state index contributed by atoms with van der Waals surface area (Å²) >= 11 is 0. The molecule has 0 fully saturated rings. The summed E-state index contributed by atoms with van der Waals surface area (Å²) in [6.07, 6.45) is -2.79. The molecule has 1 unspecified atom stereocenters. The minimum atomic E-state index is -5.03. The van der Waals surface area contributed by atoms with E-state index in [0.717, 1.165) is 12.5 Å². The average Bonchev–Trinajstić information content (AvgIpc) is 3.29. The van der Waals surface area contributed by atoms with Crippen molar-refractivity contribution in [3.63, 3.8) is 0 Å². The Morgan fingerprint density at radius 1 is 0.962 bits per heavy atom. The molecule has 0 aliphatic carbocycles. The van der Waals surface area contributed by atoms with Crippen molar-refractivity contribution in [2.24, 2.45) is 0 Å². The number of rotatable bonds is 3. The van der Waals surface area contributed by atoms with Gasteiger partial charge in [0, 0.05) is 28.2 Å². The van der Waals surface area contributed by atoms with Gasteiger partial charge in [-0.25, -0.2) is 4.98 Å². The molecule has 0 amide bonds. The van der Waals surface area contributed by atoms with Gasteiger partial charge in [0.15, 0.2) is 0 Å². The van der Waals surface area contributed by atoms with Crippen molar-refractivity contribution in [1.82, 2.24) is 9.97 Å². The molecule has 0 saturated carbocycles. The molecule has 2 aromatic carbocycles. The number of nitrogens with one attached hydrogen (secondary N) is 1. The molecule has 4 rings (SSSR count). The van der Waals surface area contributed by atoms with Gasteiger partial charge in [0.05, 0.1) is 0 Å². The molecule has 2 N–H and O–H groups in total. The van der Waals surface area contributed by atoms with E-state index in [9.17, 15) is 18.3 Å². The highest BCUT2D eigenvalue weighted by atomic mass is 19.4. The third-order valence-corrected chi connectivity index (χ3v) is 4.27. The van der Waals surface area contributed by atoms with E-state index in [1.54, 1.807) is 48.5 Å². The number of oxazole rings is 1. The Labute approximate surface area is 145 Å². The molecular weight excluding hydrogens is 345 g/mol. The molecule has 0 spiro atoms. The molecule has 26 heavy (non-hydrogen) atoms. The molecule has 132 valence electrons. The first-order chi connectivity index (χ1) is 12.4. The van der Waals surface area contributed by atoms with Crippen LogP contribution >= 0.6 is 0 Å². The van der Waals surface area contributed by atoms with Gasteiger partial charge in [0.2, 0.25) is 5.89 Å². The number of hydrogen-bond donors (Lipinski definition) is 2. The number of aliphatic hydroxyl groups is 1. The number of hydrogen-bond acceptors (Lipinski definition) is 3. The molecular formula is C19H13F3N2O2. The number of benzene rings is 2. The standard InChI is InChI=1S/C19H13F3N2O2/c20-19(21,22)18(25,14-10-23-15-9-5-4-8-13(14)15)17-24-16(11-26-17)12-6-2-1-3-7-12/h1-11,23,25H. The SMILES string of the molecule is OC(c1nc(-c2ccccc2)co1)(c1c[nH]c2ccccc12)C(F)(F)F. The largest absolute Gasteiger partial charge is 0.445 e. The topological polar surface area (TPSA) is 62.1 Å². The van der Waals surface area contributed by atoms with Crippen molar-refractivity contribution in [1.29, 1.82) is 0 Å². The molecule has 1 atom stereocenters. The normalized spacial score (nSPS) is 14.5. The fourth-order valence-corrected chi connectivity index (χ4v) is 2.94. The zero-order valence-electron chi connectivity index (χ0n) is 13.3. The van der Waals surface area contributed by atoms with E-state index in [0.29, 0.717) is 11.1 Å². The van der Waals surface area contributed by atoms with E-state index in [1.807, 2.05) is 0 Å². The first-order valence-corrected chi connectivity index (χ1v) is 7.78. The lowest BCUT2D eigenvalue weighted by Crippen LogP contribution is -2.43. The number of fused-ring (bicyclic) bond motifs is 1. The van der Waals surface area contributed by atoms with Crippen molar-refractivity contribution in [3.05, 3.63) is 78.5 Å². The number of para-hydroxylation sites is 1. The summed E-state index contributed by atoms with van der Waals surface area (Å²) in [5.41, 5.74) is -2.46. The molecule has 7 heteroatoms. The Balaban J connectivity index is 1.90. The van der Waals surface area contributed by atoms with Gasteiger partial charge in [0.1, 0.15) is 12.0 Å². The van der Waals surface area contributed by atoms with Crippen LogP contribution in [0.2, 0.25) is 0 Å². The number of alkyl halides is 3. The summed E-state index contributed by atoms with van der Waals surface area (Å²) in [5, 5.41) is 11.0. The summed E-state index contributed by atoms with van der Waals surface area (Å²) in [5.74, 6) is -0.825. The molecule has 2 aromatic heterocycles. The van der Waals surface area contributed by atoms with Gasteiger partial charge in [0.25, 0.3) is 5.60 Å². The fourth-order valence-electron chi connectivity index (χ4n) is 2.94. The van der Waals surface area contributed by atoms with Crippen molar-refractivity contribution in [2.75, 3.05) is 0 Å². The molecule has 0 saturated heterocycles. The highest BCUT2D eigenvalue weighted by Gasteiger charge is 2.61. The van der Waals surface area contributed by atoms with E-state index >= 15 is 0 Å². The van der Waals surface area contributed by atoms with Crippen LogP contribution in [-0.2, 0) is 5.60 Å². The second-order valence-electron chi connectivity index (χ2n) is 5.86. The van der Waals surface area contributed by atoms with Crippen LogP contribution in [0.25, 0.3) is 22.2 Å². The maximum Gasteiger partial charge on any atom is 0.430 e. The third-order valence-electron chi connectivity index (χ3n) is 4.27. The Kier molecular flexibility index (Phi) is 3.62. The zero-order valence-corrected chi connectivity index (χ0v) is 13.3. The van der Waals surface area contributed by atoms with Crippen LogP contribution in [0.1, 0.15) is 11.5 Å². The Morgan fingerprint density at radius 2 is 1.65 bits per heavy atom. The summed E-state index contributed by atoms with van der Waals surface area (Å²) in [7, 11) is 0. The first kappa shape index (κ1) is 16.4. The number of aromatic amines is 1. The number of aromatic nitrogens is 2. The van der Waals surface area contributed by atoms with Gasteiger partial charge in [-0.3, -0.25) is 0 Å². The predicted octanol–water partition coefficient (Wildman–Crippen LogP) is 4.62. The van der Waals surface area contributed by atoms with Crippen LogP contribution in [0.3, 0.4) is 0 Å². The van der Waals surface area contributed by atoms with E-state index < -0.39 is 17.7 Å². The average molecular weight is 358 g/mol. The van der Waals surface area contributed by atoms with Crippen molar-refractivity contribution >= 4 is 10.9 Å². The van der Waals surface area contributed by atoms with E-state index in [2.05, 4.69) is 9.97 Å². The molecule has 4 aromatic rings. The molecule has 0 aliphatic heterocycles. The molecule has 0 aliphatic rings. The van der Waals surface area contributed by atoms with Crippen molar-refractivity contribution < 1.29 is 22.7 Å². The second kappa shape index (κ2) is 5.74. The van der Waals surface area contributed by atoms with Crippen LogP contribution in [-0.4, -0.2) is 21.3 Å². The van der Waals surface area contributed by atoms with Gasteiger partial charge >= 0.3 is 6.18 Å². The van der Waals surface area contributed by atoms with Crippen LogP contribution < -0.4 is 0 Å². The van der Waals surface area contributed by atoms with Gasteiger partial charge in [-0.15, -0.1) is 0 Å². The molecule has 2 heterocycles. The Hall–Kier alpha value is -3.06. The minimum absolute atomic E-state index is 0.211. The lowest BCUT2D eigenvalue weighted by molar-refractivity contribution is -0.255. The maximum atomic E-state index is 13.9. The quantitative estimate of drug-likeness (QED) is 0.562. The number of nitrogens with zero attached hydrogens (tertiary/aromatic N) is 1. The smallest absolute Gasteiger partial charge is 0.430 e. The molecule has 0 radical (unpaired) electrons. The molecule has 4 nitrogen and oxygen atoms in total. The monoisotopic (exact) mass is 358 g/mol. The van der Waals surface area contributed by atoms with E-state index in [4.69, 9.17) is 4.42 Å². The van der Waals surface area contributed by atoms with Gasteiger partial charge in [-0.2, -0.15) is 13.2 Å². The second-order valence-corrected chi connectivity index (χ2v) is 5.86. The van der Waals surface area contributed by atoms with Crippen molar-refractivity contribution in [3.8, 4) is 11.3 Å². The van der Waals surface area contributed by atoms with Crippen LogP contribution in [0, 0.1) is 0 Å². The summed E-state index contributed by atoms with van der Waals surface area (Å²) in [6, 6.07) is 15.1. The summed E-state index contributed by atoms with van der Waals surface area (Å²) in [6.45, 7) is 0. The lowest BCUT2D eigenvalue weighted by Gasteiger charge is -2.27. The molecule has 0 bridgehead atoms. The number of halogens is 3. The van der Waals surface area contributed by atoms with Crippen molar-refractivity contribution in [2.45, 2.75) is 11.8 Å². The number of H-pyrrole nitrogens is 1. The van der Waals surface area contributed by atoms with E-state index in [-0.39, 0.29) is 16.6 Å². The maximum absolute atomic E-state index is 13.9. The summed E-state index contributed by atoms with van der Waals surface area (Å²) < 4.78 is 46.9. The van der Waals surface area contributed by atoms with Crippen LogP contribution in [0.15, 0.2) is 71.5 Å². The highest BCUT2D eigenvalue weighted by Crippen LogP contribution is 2.46. The van der Waals surface area contributed by atoms with E-state index in [1.165, 1.54) is 6.07 Å². The van der Waals surface area contributed by atoms with Gasteiger partial charge < -0.3 is 14.5 Å². The van der Waals surface area contributed by atoms with Crippen LogP contribution in [0.4, 0.5) is 13.2 Å². The zero-order chi connectivity index (χ0) is 18.4. The third kappa shape index (κ3) is 2.40. The summed E-state index contributed by atoms with van der Waals surface area (Å²) in [4.78, 5) is 6.68. The first-order valence-electron chi connectivity index (χ1n) is 7.78. The fraction of sp³-hybridized carbons (Fsp3) is 0.105. The Morgan fingerprint density at radius 3 is 2.38 bits per heavy atom. The lowest BCUT2D eigenvalue weighted by atomic mass is 9.92. The van der Waals surface area contributed by atoms with Gasteiger partial charge in [-0.1, -0.05) is 48.5 Å².